The molecular formula is C51H60Si2. The van der Waals surface area contributed by atoms with Crippen LogP contribution in [0.15, 0.2) is 97.1 Å². The van der Waals surface area contributed by atoms with E-state index in [0.29, 0.717) is 33.2 Å². The van der Waals surface area contributed by atoms with Crippen LogP contribution < -0.4 is 0 Å². The zero-order valence-corrected chi connectivity index (χ0v) is 36.4. The van der Waals surface area contributed by atoms with Gasteiger partial charge in [-0.3, -0.25) is 0 Å². The summed E-state index contributed by atoms with van der Waals surface area (Å²) in [5.41, 5.74) is 19.0. The quantitative estimate of drug-likeness (QED) is 0.0866. The van der Waals surface area contributed by atoms with Gasteiger partial charge in [0.05, 0.1) is 5.41 Å². The number of rotatable bonds is 10. The molecule has 4 aromatic rings. The molecule has 0 saturated heterocycles. The Bertz CT molecular complexity index is 1840. The first-order valence-corrected chi connectivity index (χ1v) is 24.0. The van der Waals surface area contributed by atoms with Gasteiger partial charge in [0.2, 0.25) is 0 Å². The lowest BCUT2D eigenvalue weighted by Gasteiger charge is -2.38. The van der Waals surface area contributed by atoms with Gasteiger partial charge in [0.25, 0.3) is 0 Å². The molecular weight excluding hydrogens is 669 g/mol. The molecule has 0 bridgehead atoms. The summed E-state index contributed by atoms with van der Waals surface area (Å²) < 4.78 is 0. The Kier molecular flexibility index (Phi) is 13.4. The molecule has 0 amide bonds. The van der Waals surface area contributed by atoms with Gasteiger partial charge in [-0.1, -0.05) is 155 Å². The highest BCUT2D eigenvalue weighted by molar-refractivity contribution is 6.91. The third-order valence-corrected chi connectivity index (χ3v) is 24.8. The highest BCUT2D eigenvalue weighted by Crippen LogP contribution is 2.46. The van der Waals surface area contributed by atoms with E-state index in [9.17, 15) is 0 Å². The molecule has 53 heavy (non-hydrogen) atoms. The highest BCUT2D eigenvalue weighted by atomic mass is 28.3. The fourth-order valence-electron chi connectivity index (χ4n) is 9.47. The normalized spacial score (nSPS) is 12.1. The van der Waals surface area contributed by atoms with E-state index in [2.05, 4.69) is 191 Å². The van der Waals surface area contributed by atoms with Crippen molar-refractivity contribution in [2.45, 2.75) is 122 Å². The second-order valence-electron chi connectivity index (χ2n) is 16.6. The standard InChI is InChI=1S/C51H60Si2/c1-15-43-17-25-47(26-18-43)51(48-27-19-44(16-2)20-28-48,49-29-21-45(22-30-49)33-35-52(37(3)4,38(5)6)39(7)8)50-31-23-46(24-32-50)34-36-53(40(9)10,41(11)12)42(13)14/h1-2,17-32,37-42H,3-14H3. The minimum atomic E-state index is -1.88. The largest absolute Gasteiger partial charge is 0.146 e. The fourth-order valence-corrected chi connectivity index (χ4v) is 19.9. The van der Waals surface area contributed by atoms with Crippen LogP contribution in [0.5, 0.6) is 0 Å². The molecule has 2 heteroatoms. The van der Waals surface area contributed by atoms with E-state index in [1.165, 1.54) is 0 Å². The second-order valence-corrected chi connectivity index (χ2v) is 27.8. The third kappa shape index (κ3) is 7.93. The van der Waals surface area contributed by atoms with Gasteiger partial charge >= 0.3 is 0 Å². The average Bonchev–Trinajstić information content (AvgIpc) is 3.13. The lowest BCUT2D eigenvalue weighted by atomic mass is 9.65. The van der Waals surface area contributed by atoms with E-state index in [1.54, 1.807) is 0 Å². The van der Waals surface area contributed by atoms with Crippen molar-refractivity contribution in [1.29, 1.82) is 0 Å². The van der Waals surface area contributed by atoms with Crippen LogP contribution in [0, 0.1) is 47.6 Å². The zero-order valence-electron chi connectivity index (χ0n) is 34.4. The zero-order chi connectivity index (χ0) is 39.1. The van der Waals surface area contributed by atoms with Gasteiger partial charge in [-0.25, -0.2) is 0 Å². The van der Waals surface area contributed by atoms with Crippen molar-refractivity contribution in [2.24, 2.45) is 0 Å². The van der Waals surface area contributed by atoms with Crippen LogP contribution in [0.4, 0.5) is 0 Å². The van der Waals surface area contributed by atoms with E-state index < -0.39 is 21.6 Å². The predicted octanol–water partition coefficient (Wildman–Crippen LogP) is 13.2. The molecule has 0 spiro atoms. The molecule has 0 unspecified atom stereocenters. The lowest BCUT2D eigenvalue weighted by molar-refractivity contribution is 0.744. The molecule has 0 N–H and O–H groups in total. The number of benzene rings is 4. The molecule has 4 aromatic carbocycles. The Labute approximate surface area is 325 Å². The maximum atomic E-state index is 5.85. The van der Waals surface area contributed by atoms with Crippen LogP contribution in [0.2, 0.25) is 33.2 Å². The molecule has 0 aliphatic rings. The number of hydrogen-bond acceptors (Lipinski definition) is 0. The van der Waals surface area contributed by atoms with E-state index in [0.717, 1.165) is 44.5 Å². The van der Waals surface area contributed by atoms with Crippen molar-refractivity contribution in [3.8, 4) is 47.6 Å². The molecule has 0 aromatic heterocycles. The van der Waals surface area contributed by atoms with Crippen molar-refractivity contribution in [3.63, 3.8) is 0 Å². The molecule has 0 fully saturated rings. The minimum absolute atomic E-state index is 0.575. The van der Waals surface area contributed by atoms with Crippen LogP contribution >= 0.6 is 0 Å². The molecule has 0 heterocycles. The molecule has 0 aliphatic heterocycles. The first-order chi connectivity index (χ1) is 25.1. The predicted molar refractivity (Wildman–Crippen MR) is 236 cm³/mol. The van der Waals surface area contributed by atoms with Crippen molar-refractivity contribution < 1.29 is 0 Å². The van der Waals surface area contributed by atoms with E-state index in [-0.39, 0.29) is 0 Å². The summed E-state index contributed by atoms with van der Waals surface area (Å²) in [5.74, 6) is 13.0. The summed E-state index contributed by atoms with van der Waals surface area (Å²) in [4.78, 5) is 0. The summed E-state index contributed by atoms with van der Waals surface area (Å²) in [6, 6.07) is 34.7. The maximum Gasteiger partial charge on any atom is 0.146 e. The van der Waals surface area contributed by atoms with Crippen molar-refractivity contribution in [2.75, 3.05) is 0 Å². The highest BCUT2D eigenvalue weighted by Gasteiger charge is 2.43. The minimum Gasteiger partial charge on any atom is -0.125 e. The second kappa shape index (κ2) is 17.1. The average molecular weight is 729 g/mol. The summed E-state index contributed by atoms with van der Waals surface area (Å²) in [6.07, 6.45) is 11.7. The maximum absolute atomic E-state index is 5.85. The summed E-state index contributed by atoms with van der Waals surface area (Å²) in [5, 5.41) is 0. The molecule has 0 radical (unpaired) electrons. The first-order valence-electron chi connectivity index (χ1n) is 19.5. The van der Waals surface area contributed by atoms with E-state index in [4.69, 9.17) is 12.8 Å². The SMILES string of the molecule is C#Cc1ccc(C(c2ccc(C#C)cc2)(c2ccc(C#C[Si](C(C)C)(C(C)C)C(C)C)cc2)c2ccc(C#C[Si](C(C)C)(C(C)C)C(C)C)cc2)cc1. The van der Waals surface area contributed by atoms with Crippen LogP contribution in [0.1, 0.15) is 128 Å². The molecule has 0 atom stereocenters. The van der Waals surface area contributed by atoms with Gasteiger partial charge < -0.3 is 0 Å². The van der Waals surface area contributed by atoms with Crippen molar-refractivity contribution in [1.82, 2.24) is 0 Å². The smallest absolute Gasteiger partial charge is 0.125 e. The Morgan fingerprint density at radius 2 is 0.566 bits per heavy atom. The molecule has 0 nitrogen and oxygen atoms in total. The van der Waals surface area contributed by atoms with Crippen LogP contribution in [-0.2, 0) is 5.41 Å². The van der Waals surface area contributed by atoms with Crippen LogP contribution in [0.25, 0.3) is 0 Å². The van der Waals surface area contributed by atoms with Crippen molar-refractivity contribution >= 4 is 16.1 Å². The fraction of sp³-hybridized carbons (Fsp3) is 0.373. The topological polar surface area (TPSA) is 0 Å². The van der Waals surface area contributed by atoms with Crippen LogP contribution in [-0.4, -0.2) is 16.1 Å². The Hall–Kier alpha value is -4.45. The van der Waals surface area contributed by atoms with Gasteiger partial charge in [0.15, 0.2) is 0 Å². The molecule has 4 rings (SSSR count). The Morgan fingerprint density at radius 1 is 0.358 bits per heavy atom. The monoisotopic (exact) mass is 728 g/mol. The van der Waals surface area contributed by atoms with Crippen LogP contribution in [0.3, 0.4) is 0 Å². The third-order valence-electron chi connectivity index (χ3n) is 12.2. The summed E-state index contributed by atoms with van der Waals surface area (Å²) in [6.45, 7) is 28.4. The van der Waals surface area contributed by atoms with Gasteiger partial charge in [0.1, 0.15) is 16.1 Å². The first kappa shape index (κ1) is 41.3. The van der Waals surface area contributed by atoms with E-state index >= 15 is 0 Å². The van der Waals surface area contributed by atoms with E-state index in [1.807, 2.05) is 24.3 Å². The van der Waals surface area contributed by atoms with Gasteiger partial charge in [0, 0.05) is 22.3 Å². The Morgan fingerprint density at radius 3 is 0.755 bits per heavy atom. The number of terminal acetylenes is 2. The molecule has 0 saturated carbocycles. The Balaban J connectivity index is 2.00. The van der Waals surface area contributed by atoms with Gasteiger partial charge in [-0.15, -0.1) is 23.9 Å². The molecule has 0 aliphatic carbocycles. The van der Waals surface area contributed by atoms with Gasteiger partial charge in [-0.05, 0) is 104 Å². The number of hydrogen-bond donors (Lipinski definition) is 0. The summed E-state index contributed by atoms with van der Waals surface area (Å²) in [7, 11) is -3.76. The van der Waals surface area contributed by atoms with Crippen molar-refractivity contribution in [3.05, 3.63) is 142 Å². The lowest BCUT2D eigenvalue weighted by Crippen LogP contribution is -2.43. The molecule has 272 valence electrons. The van der Waals surface area contributed by atoms with Gasteiger partial charge in [-0.2, -0.15) is 0 Å². The summed E-state index contributed by atoms with van der Waals surface area (Å²) >= 11 is 0.